The molecule has 0 saturated heterocycles. The van der Waals surface area contributed by atoms with Gasteiger partial charge in [-0.15, -0.1) is 0 Å². The van der Waals surface area contributed by atoms with E-state index in [-0.39, 0.29) is 0 Å². The first-order chi connectivity index (χ1) is 9.22. The molecule has 0 saturated carbocycles. The minimum atomic E-state index is 0.697. The van der Waals surface area contributed by atoms with Gasteiger partial charge in [0.1, 0.15) is 6.07 Å². The lowest BCUT2D eigenvalue weighted by atomic mass is 9.96. The molecule has 0 atom stereocenters. The van der Waals surface area contributed by atoms with Gasteiger partial charge >= 0.3 is 0 Å². The normalized spacial score (nSPS) is 12.7. The molecule has 2 heterocycles. The van der Waals surface area contributed by atoms with Crippen LogP contribution in [0.3, 0.4) is 0 Å². The molecular formula is C14H11IN4. The Kier molecular flexibility index (Phi) is 3.03. The summed E-state index contributed by atoms with van der Waals surface area (Å²) in [6.45, 7) is 0.806. The van der Waals surface area contributed by atoms with Gasteiger partial charge in [-0.3, -0.25) is 4.68 Å². The largest absolute Gasteiger partial charge is 0.381 e. The highest BCUT2D eigenvalue weighted by molar-refractivity contribution is 14.1. The van der Waals surface area contributed by atoms with E-state index in [0.29, 0.717) is 5.56 Å². The van der Waals surface area contributed by atoms with E-state index in [1.807, 2.05) is 42.2 Å². The topological polar surface area (TPSA) is 53.6 Å². The van der Waals surface area contributed by atoms with Crippen LogP contribution in [-0.4, -0.2) is 16.3 Å². The Morgan fingerprint density at radius 2 is 2.32 bits per heavy atom. The van der Waals surface area contributed by atoms with E-state index in [2.05, 4.69) is 39.1 Å². The van der Waals surface area contributed by atoms with Crippen LogP contribution in [-0.2, 0) is 7.05 Å². The van der Waals surface area contributed by atoms with Crippen molar-refractivity contribution in [1.29, 1.82) is 5.26 Å². The molecule has 19 heavy (non-hydrogen) atoms. The molecule has 0 unspecified atom stereocenters. The van der Waals surface area contributed by atoms with Crippen LogP contribution in [0.4, 0.5) is 5.69 Å². The third-order valence-corrected chi connectivity index (χ3v) is 3.99. The smallest absolute Gasteiger partial charge is 0.101 e. The molecule has 5 heteroatoms. The molecule has 2 aromatic rings. The van der Waals surface area contributed by atoms with E-state index >= 15 is 0 Å². The SMILES string of the molecule is Cn1ncc(I)c1-c1ccc2c(c1C#N)C=CCN2. The van der Waals surface area contributed by atoms with Gasteiger partial charge < -0.3 is 5.32 Å². The lowest BCUT2D eigenvalue weighted by molar-refractivity contribution is 0.775. The Bertz CT molecular complexity index is 702. The van der Waals surface area contributed by atoms with Gasteiger partial charge in [0.25, 0.3) is 0 Å². The predicted molar refractivity (Wildman–Crippen MR) is 83.6 cm³/mol. The zero-order chi connectivity index (χ0) is 13.4. The molecule has 0 spiro atoms. The summed E-state index contributed by atoms with van der Waals surface area (Å²) in [4.78, 5) is 0. The first kappa shape index (κ1) is 12.2. The van der Waals surface area contributed by atoms with Crippen molar-refractivity contribution < 1.29 is 0 Å². The van der Waals surface area contributed by atoms with Crippen LogP contribution in [0, 0.1) is 14.9 Å². The lowest BCUT2D eigenvalue weighted by Crippen LogP contribution is -2.07. The third kappa shape index (κ3) is 1.92. The molecule has 1 aromatic carbocycles. The van der Waals surface area contributed by atoms with Crippen LogP contribution in [0.15, 0.2) is 24.4 Å². The molecule has 0 aliphatic carbocycles. The second-order valence-electron chi connectivity index (χ2n) is 4.31. The van der Waals surface area contributed by atoms with Gasteiger partial charge in [0.2, 0.25) is 0 Å². The van der Waals surface area contributed by atoms with Gasteiger partial charge in [-0.25, -0.2) is 0 Å². The molecule has 0 radical (unpaired) electrons. The lowest BCUT2D eigenvalue weighted by Gasteiger charge is -2.17. The second-order valence-corrected chi connectivity index (χ2v) is 5.47. The Labute approximate surface area is 124 Å². The molecule has 94 valence electrons. The Morgan fingerprint density at radius 1 is 1.47 bits per heavy atom. The summed E-state index contributed by atoms with van der Waals surface area (Å²) in [5.74, 6) is 0. The van der Waals surface area contributed by atoms with Crippen LogP contribution in [0.1, 0.15) is 11.1 Å². The van der Waals surface area contributed by atoms with E-state index in [1.54, 1.807) is 0 Å². The fourth-order valence-corrected chi connectivity index (χ4v) is 3.09. The Morgan fingerprint density at radius 3 is 3.00 bits per heavy atom. The standard InChI is InChI=1S/C14H11IN4/c1-19-14(12(15)8-18-19)10-4-5-13-9(11(10)7-16)3-2-6-17-13/h2-5,8,17H,6H2,1H3. The van der Waals surface area contributed by atoms with Gasteiger partial charge in [0.15, 0.2) is 0 Å². The third-order valence-electron chi connectivity index (χ3n) is 3.20. The quantitative estimate of drug-likeness (QED) is 0.794. The van der Waals surface area contributed by atoms with E-state index in [9.17, 15) is 5.26 Å². The molecule has 3 rings (SSSR count). The first-order valence-corrected chi connectivity index (χ1v) is 6.95. The van der Waals surface area contributed by atoms with Gasteiger partial charge in [-0.2, -0.15) is 10.4 Å². The predicted octanol–water partition coefficient (Wildman–Crippen LogP) is 3.00. The van der Waals surface area contributed by atoms with Gasteiger partial charge in [0, 0.05) is 30.4 Å². The summed E-state index contributed by atoms with van der Waals surface area (Å²) in [7, 11) is 1.90. The monoisotopic (exact) mass is 362 g/mol. The highest BCUT2D eigenvalue weighted by atomic mass is 127. The Hall–Kier alpha value is -1.81. The summed E-state index contributed by atoms with van der Waals surface area (Å²) in [5, 5.41) is 17.0. The van der Waals surface area contributed by atoms with Crippen molar-refractivity contribution in [2.75, 3.05) is 11.9 Å². The van der Waals surface area contributed by atoms with Crippen LogP contribution < -0.4 is 5.32 Å². The number of nitrogens with zero attached hydrogens (tertiary/aromatic N) is 3. The maximum Gasteiger partial charge on any atom is 0.101 e. The van der Waals surface area contributed by atoms with E-state index in [0.717, 1.165) is 32.6 Å². The number of hydrogen-bond acceptors (Lipinski definition) is 3. The maximum atomic E-state index is 9.51. The zero-order valence-corrected chi connectivity index (χ0v) is 12.5. The molecule has 4 nitrogen and oxygen atoms in total. The number of aryl methyl sites for hydroxylation is 1. The summed E-state index contributed by atoms with van der Waals surface area (Å²) in [5.41, 5.74) is 4.59. The van der Waals surface area contributed by atoms with Crippen molar-refractivity contribution in [3.8, 4) is 17.3 Å². The molecule has 1 aromatic heterocycles. The van der Waals surface area contributed by atoms with Gasteiger partial charge in [-0.1, -0.05) is 12.2 Å². The number of benzene rings is 1. The highest BCUT2D eigenvalue weighted by Crippen LogP contribution is 2.34. The summed E-state index contributed by atoms with van der Waals surface area (Å²) in [6.07, 6.45) is 5.85. The summed E-state index contributed by atoms with van der Waals surface area (Å²) < 4.78 is 2.86. The van der Waals surface area contributed by atoms with Crippen LogP contribution in [0.25, 0.3) is 17.3 Å². The van der Waals surface area contributed by atoms with E-state index < -0.39 is 0 Å². The van der Waals surface area contributed by atoms with Crippen LogP contribution >= 0.6 is 22.6 Å². The molecule has 0 amide bonds. The maximum absolute atomic E-state index is 9.51. The number of aromatic nitrogens is 2. The van der Waals surface area contributed by atoms with Gasteiger partial charge in [0.05, 0.1) is 21.0 Å². The fourth-order valence-electron chi connectivity index (χ4n) is 2.32. The summed E-state index contributed by atoms with van der Waals surface area (Å²) >= 11 is 2.25. The van der Waals surface area contributed by atoms with Crippen LogP contribution in [0.5, 0.6) is 0 Å². The zero-order valence-electron chi connectivity index (χ0n) is 10.3. The second kappa shape index (κ2) is 4.70. The number of anilines is 1. The molecule has 1 aliphatic rings. The number of rotatable bonds is 1. The molecule has 0 bridgehead atoms. The first-order valence-electron chi connectivity index (χ1n) is 5.87. The van der Waals surface area contributed by atoms with Crippen molar-refractivity contribution >= 4 is 34.4 Å². The summed E-state index contributed by atoms with van der Waals surface area (Å²) in [6, 6.07) is 6.35. The van der Waals surface area contributed by atoms with Crippen molar-refractivity contribution in [3.63, 3.8) is 0 Å². The minimum Gasteiger partial charge on any atom is -0.381 e. The number of hydrogen-bond donors (Lipinski definition) is 1. The average molecular weight is 362 g/mol. The van der Waals surface area contributed by atoms with Crippen molar-refractivity contribution in [3.05, 3.63) is 39.1 Å². The van der Waals surface area contributed by atoms with Crippen molar-refractivity contribution in [1.82, 2.24) is 9.78 Å². The molecular weight excluding hydrogens is 351 g/mol. The molecule has 1 aliphatic heterocycles. The minimum absolute atomic E-state index is 0.697. The van der Waals surface area contributed by atoms with Crippen molar-refractivity contribution in [2.24, 2.45) is 7.05 Å². The fraction of sp³-hybridized carbons (Fsp3) is 0.143. The van der Waals surface area contributed by atoms with E-state index in [4.69, 9.17) is 0 Å². The number of nitriles is 1. The van der Waals surface area contributed by atoms with Crippen LogP contribution in [0.2, 0.25) is 0 Å². The molecule has 1 N–H and O–H groups in total. The highest BCUT2D eigenvalue weighted by Gasteiger charge is 2.18. The van der Waals surface area contributed by atoms with Crippen molar-refractivity contribution in [2.45, 2.75) is 0 Å². The number of fused-ring (bicyclic) bond motifs is 1. The Balaban J connectivity index is 2.30. The number of halogens is 1. The van der Waals surface area contributed by atoms with E-state index in [1.165, 1.54) is 0 Å². The average Bonchev–Trinajstić information content (AvgIpc) is 2.77. The number of nitrogens with one attached hydrogen (secondary N) is 1. The molecule has 0 fully saturated rings. The van der Waals surface area contributed by atoms with Gasteiger partial charge in [-0.05, 0) is 34.7 Å².